The zero-order valence-corrected chi connectivity index (χ0v) is 15.7. The lowest BCUT2D eigenvalue weighted by molar-refractivity contribution is -0.118. The molecular formula is C18H22N2O5S. The minimum atomic E-state index is -3.55. The monoisotopic (exact) mass is 378 g/mol. The number of carbonyl (C=O) groups excluding carboxylic acids is 1. The molecule has 0 aliphatic heterocycles. The van der Waals surface area contributed by atoms with Crippen molar-refractivity contribution in [1.82, 2.24) is 4.72 Å². The van der Waals surface area contributed by atoms with E-state index in [4.69, 9.17) is 9.47 Å². The van der Waals surface area contributed by atoms with Crippen LogP contribution in [0.3, 0.4) is 0 Å². The van der Waals surface area contributed by atoms with Crippen LogP contribution in [-0.2, 0) is 14.8 Å². The van der Waals surface area contributed by atoms with E-state index in [2.05, 4.69) is 10.0 Å². The third-order valence-electron chi connectivity index (χ3n) is 3.27. The van der Waals surface area contributed by atoms with E-state index in [1.54, 1.807) is 45.2 Å². The maximum Gasteiger partial charge on any atom is 0.262 e. The summed E-state index contributed by atoms with van der Waals surface area (Å²) in [6, 6.07) is 12.6. The van der Waals surface area contributed by atoms with E-state index >= 15 is 0 Å². The van der Waals surface area contributed by atoms with Gasteiger partial charge in [-0.15, -0.1) is 0 Å². The Kier molecular flexibility index (Phi) is 6.59. The number of nitrogens with one attached hydrogen (secondary N) is 2. The molecule has 7 nitrogen and oxygen atoms in total. The third kappa shape index (κ3) is 5.75. The number of rotatable bonds is 8. The Hall–Kier alpha value is -2.58. The van der Waals surface area contributed by atoms with Gasteiger partial charge in [-0.05, 0) is 62.4 Å². The lowest BCUT2D eigenvalue weighted by Gasteiger charge is -2.11. The third-order valence-corrected chi connectivity index (χ3v) is 4.94. The Morgan fingerprint density at radius 1 is 1.00 bits per heavy atom. The van der Waals surface area contributed by atoms with Crippen molar-refractivity contribution in [2.24, 2.45) is 0 Å². The molecule has 0 spiro atoms. The summed E-state index contributed by atoms with van der Waals surface area (Å²) in [5.41, 5.74) is 0.483. The van der Waals surface area contributed by atoms with Crippen molar-refractivity contribution in [1.29, 1.82) is 0 Å². The fourth-order valence-electron chi connectivity index (χ4n) is 2.11. The Bertz CT molecular complexity index is 831. The number of carbonyl (C=O) groups is 1. The highest BCUT2D eigenvalue weighted by Crippen LogP contribution is 2.17. The first-order chi connectivity index (χ1) is 12.3. The maximum atomic E-state index is 12.1. The Balaban J connectivity index is 1.90. The zero-order valence-electron chi connectivity index (χ0n) is 14.9. The molecule has 0 aliphatic rings. The van der Waals surface area contributed by atoms with Gasteiger partial charge in [0.05, 0.1) is 12.0 Å². The van der Waals surface area contributed by atoms with E-state index in [-0.39, 0.29) is 23.5 Å². The van der Waals surface area contributed by atoms with E-state index in [9.17, 15) is 13.2 Å². The summed E-state index contributed by atoms with van der Waals surface area (Å²) in [5.74, 6) is 0.891. The lowest BCUT2D eigenvalue weighted by Crippen LogP contribution is -2.30. The summed E-state index contributed by atoms with van der Waals surface area (Å²) in [6.07, 6.45) is 0. The van der Waals surface area contributed by atoms with Gasteiger partial charge in [0.15, 0.2) is 6.61 Å². The highest BCUT2D eigenvalue weighted by atomic mass is 32.2. The smallest absolute Gasteiger partial charge is 0.262 e. The Morgan fingerprint density at radius 3 is 2.12 bits per heavy atom. The number of hydrogen-bond donors (Lipinski definition) is 2. The van der Waals surface area contributed by atoms with E-state index in [1.165, 1.54) is 24.3 Å². The van der Waals surface area contributed by atoms with Gasteiger partial charge in [-0.1, -0.05) is 0 Å². The number of sulfonamides is 1. The van der Waals surface area contributed by atoms with Gasteiger partial charge in [-0.3, -0.25) is 4.79 Å². The molecule has 8 heteroatoms. The second-order valence-electron chi connectivity index (χ2n) is 5.81. The van der Waals surface area contributed by atoms with Gasteiger partial charge in [0.2, 0.25) is 10.0 Å². The summed E-state index contributed by atoms with van der Waals surface area (Å²) < 4.78 is 37.0. The first-order valence-electron chi connectivity index (χ1n) is 7.99. The zero-order chi connectivity index (χ0) is 19.2. The summed E-state index contributed by atoms with van der Waals surface area (Å²) in [5, 5.41) is 2.65. The number of ether oxygens (including phenoxy) is 2. The molecule has 0 unspecified atom stereocenters. The number of hydrogen-bond acceptors (Lipinski definition) is 5. The number of amides is 1. The van der Waals surface area contributed by atoms with Crippen LogP contribution in [0.1, 0.15) is 13.8 Å². The van der Waals surface area contributed by atoms with Gasteiger partial charge in [0.25, 0.3) is 5.91 Å². The minimum Gasteiger partial charge on any atom is -0.497 e. The normalized spacial score (nSPS) is 11.2. The summed E-state index contributed by atoms with van der Waals surface area (Å²) in [6.45, 7) is 3.32. The molecule has 0 atom stereocenters. The fraction of sp³-hybridized carbons (Fsp3) is 0.278. The van der Waals surface area contributed by atoms with Crippen LogP contribution >= 0.6 is 0 Å². The molecule has 140 valence electrons. The molecule has 2 rings (SSSR count). The minimum absolute atomic E-state index is 0.138. The Labute approximate surface area is 153 Å². The van der Waals surface area contributed by atoms with Crippen LogP contribution in [0.5, 0.6) is 11.5 Å². The topological polar surface area (TPSA) is 93.7 Å². The van der Waals surface area contributed by atoms with Crippen molar-refractivity contribution in [3.63, 3.8) is 0 Å². The molecule has 26 heavy (non-hydrogen) atoms. The number of methoxy groups -OCH3 is 1. The van der Waals surface area contributed by atoms with Crippen molar-refractivity contribution in [3.8, 4) is 11.5 Å². The van der Waals surface area contributed by atoms with Gasteiger partial charge in [-0.25, -0.2) is 13.1 Å². The molecule has 1 amide bonds. The molecule has 0 saturated heterocycles. The van der Waals surface area contributed by atoms with Crippen LogP contribution in [-0.4, -0.2) is 34.1 Å². The first-order valence-corrected chi connectivity index (χ1v) is 9.47. The van der Waals surface area contributed by atoms with Crippen molar-refractivity contribution in [2.75, 3.05) is 19.0 Å². The van der Waals surface area contributed by atoms with E-state index in [0.717, 1.165) is 0 Å². The number of benzene rings is 2. The van der Waals surface area contributed by atoms with Crippen LogP contribution in [0.15, 0.2) is 53.4 Å². The molecule has 0 fully saturated rings. The molecule has 2 aromatic carbocycles. The quantitative estimate of drug-likeness (QED) is 0.736. The molecule has 0 bridgehead atoms. The van der Waals surface area contributed by atoms with Gasteiger partial charge in [0.1, 0.15) is 11.5 Å². The molecule has 0 heterocycles. The van der Waals surface area contributed by atoms with Crippen molar-refractivity contribution in [2.45, 2.75) is 24.8 Å². The van der Waals surface area contributed by atoms with E-state index in [0.29, 0.717) is 17.2 Å². The molecule has 0 radical (unpaired) electrons. The van der Waals surface area contributed by atoms with Gasteiger partial charge < -0.3 is 14.8 Å². The molecule has 2 N–H and O–H groups in total. The summed E-state index contributed by atoms with van der Waals surface area (Å²) >= 11 is 0. The van der Waals surface area contributed by atoms with Gasteiger partial charge in [-0.2, -0.15) is 0 Å². The standard InChI is InChI=1S/C18H22N2O5S/c1-13(2)20-26(22,23)17-10-4-14(5-11-17)19-18(21)12-25-16-8-6-15(24-3)7-9-16/h4-11,13,20H,12H2,1-3H3,(H,19,21). The van der Waals surface area contributed by atoms with Crippen LogP contribution in [0.2, 0.25) is 0 Å². The van der Waals surface area contributed by atoms with Gasteiger partial charge in [0, 0.05) is 11.7 Å². The maximum absolute atomic E-state index is 12.1. The second-order valence-corrected chi connectivity index (χ2v) is 7.53. The highest BCUT2D eigenvalue weighted by molar-refractivity contribution is 7.89. The van der Waals surface area contributed by atoms with Crippen molar-refractivity contribution < 1.29 is 22.7 Å². The lowest BCUT2D eigenvalue weighted by atomic mass is 10.3. The largest absolute Gasteiger partial charge is 0.497 e. The van der Waals surface area contributed by atoms with Crippen molar-refractivity contribution >= 4 is 21.6 Å². The van der Waals surface area contributed by atoms with Crippen LogP contribution in [0.4, 0.5) is 5.69 Å². The summed E-state index contributed by atoms with van der Waals surface area (Å²) in [4.78, 5) is 12.1. The van der Waals surface area contributed by atoms with Crippen LogP contribution in [0, 0.1) is 0 Å². The predicted molar refractivity (Wildman–Crippen MR) is 99.0 cm³/mol. The van der Waals surface area contributed by atoms with Crippen LogP contribution in [0.25, 0.3) is 0 Å². The van der Waals surface area contributed by atoms with Crippen molar-refractivity contribution in [3.05, 3.63) is 48.5 Å². The van der Waals surface area contributed by atoms with Crippen LogP contribution < -0.4 is 19.5 Å². The second kappa shape index (κ2) is 8.68. The predicted octanol–water partition coefficient (Wildman–Crippen LogP) is 2.40. The number of anilines is 1. The fourth-order valence-corrected chi connectivity index (χ4v) is 3.36. The highest BCUT2D eigenvalue weighted by Gasteiger charge is 2.15. The SMILES string of the molecule is COc1ccc(OCC(=O)Nc2ccc(S(=O)(=O)NC(C)C)cc2)cc1. The average molecular weight is 378 g/mol. The molecular weight excluding hydrogens is 356 g/mol. The van der Waals surface area contributed by atoms with E-state index < -0.39 is 10.0 Å². The first kappa shape index (κ1) is 19.7. The summed E-state index contributed by atoms with van der Waals surface area (Å²) in [7, 11) is -1.99. The molecule has 2 aromatic rings. The average Bonchev–Trinajstić information content (AvgIpc) is 2.60. The van der Waals surface area contributed by atoms with E-state index in [1.807, 2.05) is 0 Å². The van der Waals surface area contributed by atoms with Gasteiger partial charge >= 0.3 is 0 Å². The molecule has 0 aromatic heterocycles. The Morgan fingerprint density at radius 2 is 1.58 bits per heavy atom. The molecule has 0 saturated carbocycles. The molecule has 0 aliphatic carbocycles.